The van der Waals surface area contributed by atoms with E-state index in [0.717, 1.165) is 22.8 Å². The number of amides is 3. The molecule has 0 bridgehead atoms. The van der Waals surface area contributed by atoms with Gasteiger partial charge in [0.15, 0.2) is 0 Å². The van der Waals surface area contributed by atoms with Gasteiger partial charge in [-0.3, -0.25) is 19.7 Å². The minimum atomic E-state index is -0.584. The van der Waals surface area contributed by atoms with Crippen LogP contribution in [0.3, 0.4) is 0 Å². The topological polar surface area (TPSA) is 90.5 Å². The second-order valence-corrected chi connectivity index (χ2v) is 9.59. The summed E-state index contributed by atoms with van der Waals surface area (Å²) in [7, 11) is 0. The average molecular weight is 443 g/mol. The highest BCUT2D eigenvalue weighted by Crippen LogP contribution is 2.32. The van der Waals surface area contributed by atoms with E-state index in [1.807, 2.05) is 29.0 Å². The lowest BCUT2D eigenvalue weighted by Gasteiger charge is -2.37. The van der Waals surface area contributed by atoms with Crippen molar-refractivity contribution in [3.8, 4) is 11.1 Å². The van der Waals surface area contributed by atoms with Gasteiger partial charge in [0, 0.05) is 24.2 Å². The SMILES string of the molecule is O=C(N[C@H]1CCN2C(=O)c3cc(-c4ccsc4)ccc3NC(=O)[C@@H]2C1)[C@H]1CSCN1. The van der Waals surface area contributed by atoms with Gasteiger partial charge >= 0.3 is 0 Å². The molecule has 0 spiro atoms. The Morgan fingerprint density at radius 3 is 2.87 bits per heavy atom. The first-order chi connectivity index (χ1) is 14.6. The van der Waals surface area contributed by atoms with E-state index in [4.69, 9.17) is 0 Å². The summed E-state index contributed by atoms with van der Waals surface area (Å²) in [4.78, 5) is 40.3. The van der Waals surface area contributed by atoms with E-state index in [9.17, 15) is 14.4 Å². The summed E-state index contributed by atoms with van der Waals surface area (Å²) in [5, 5.41) is 13.2. The first-order valence-corrected chi connectivity index (χ1v) is 12.1. The van der Waals surface area contributed by atoms with E-state index in [2.05, 4.69) is 16.0 Å². The monoisotopic (exact) mass is 442 g/mol. The van der Waals surface area contributed by atoms with Crippen LogP contribution in [0.15, 0.2) is 35.0 Å². The molecule has 2 aromatic rings. The lowest BCUT2D eigenvalue weighted by Crippen LogP contribution is -2.56. The summed E-state index contributed by atoms with van der Waals surface area (Å²) in [6.45, 7) is 0.441. The molecular weight excluding hydrogens is 420 g/mol. The van der Waals surface area contributed by atoms with E-state index >= 15 is 0 Å². The highest BCUT2D eigenvalue weighted by atomic mass is 32.2. The van der Waals surface area contributed by atoms with Crippen molar-refractivity contribution in [3.05, 3.63) is 40.6 Å². The zero-order valence-electron chi connectivity index (χ0n) is 16.2. The highest BCUT2D eigenvalue weighted by molar-refractivity contribution is 7.99. The van der Waals surface area contributed by atoms with Gasteiger partial charge in [-0.05, 0) is 52.9 Å². The molecule has 3 amide bonds. The molecule has 0 saturated carbocycles. The number of piperidine rings is 1. The fourth-order valence-corrected chi connectivity index (χ4v) is 5.87. The molecule has 1 aromatic heterocycles. The first-order valence-electron chi connectivity index (χ1n) is 10.00. The summed E-state index contributed by atoms with van der Waals surface area (Å²) < 4.78 is 0. The predicted molar refractivity (Wildman–Crippen MR) is 119 cm³/mol. The van der Waals surface area contributed by atoms with Crippen LogP contribution in [0.2, 0.25) is 0 Å². The highest BCUT2D eigenvalue weighted by Gasteiger charge is 2.40. The van der Waals surface area contributed by atoms with E-state index in [1.165, 1.54) is 0 Å². The van der Waals surface area contributed by atoms with Gasteiger partial charge in [0.25, 0.3) is 5.91 Å². The number of hydrogen-bond acceptors (Lipinski definition) is 6. The van der Waals surface area contributed by atoms with Gasteiger partial charge in [0.1, 0.15) is 6.04 Å². The van der Waals surface area contributed by atoms with Gasteiger partial charge in [-0.2, -0.15) is 11.3 Å². The Bertz CT molecular complexity index is 988. The Morgan fingerprint density at radius 2 is 2.10 bits per heavy atom. The van der Waals surface area contributed by atoms with Crippen molar-refractivity contribution in [2.45, 2.75) is 31.0 Å². The largest absolute Gasteiger partial charge is 0.352 e. The van der Waals surface area contributed by atoms with Crippen molar-refractivity contribution in [2.75, 3.05) is 23.5 Å². The first kappa shape index (κ1) is 19.6. The minimum Gasteiger partial charge on any atom is -0.352 e. The molecule has 2 saturated heterocycles. The predicted octanol–water partition coefficient (Wildman–Crippen LogP) is 2.12. The van der Waals surface area contributed by atoms with E-state index < -0.39 is 6.04 Å². The molecule has 0 aliphatic carbocycles. The maximum atomic E-state index is 13.3. The molecule has 0 radical (unpaired) electrons. The van der Waals surface area contributed by atoms with Crippen molar-refractivity contribution in [3.63, 3.8) is 0 Å². The van der Waals surface area contributed by atoms with E-state index in [-0.39, 0.29) is 29.8 Å². The fraction of sp³-hybridized carbons (Fsp3) is 0.381. The number of anilines is 1. The second-order valence-electron chi connectivity index (χ2n) is 7.78. The average Bonchev–Trinajstić information content (AvgIpc) is 3.46. The molecule has 3 atom stereocenters. The van der Waals surface area contributed by atoms with Crippen LogP contribution in [0.4, 0.5) is 5.69 Å². The smallest absolute Gasteiger partial charge is 0.256 e. The van der Waals surface area contributed by atoms with Crippen LogP contribution >= 0.6 is 23.1 Å². The number of benzene rings is 1. The molecule has 0 unspecified atom stereocenters. The van der Waals surface area contributed by atoms with Crippen LogP contribution in [0.25, 0.3) is 11.1 Å². The van der Waals surface area contributed by atoms with Gasteiger partial charge in [-0.25, -0.2) is 0 Å². The zero-order valence-corrected chi connectivity index (χ0v) is 17.9. The summed E-state index contributed by atoms with van der Waals surface area (Å²) in [5.41, 5.74) is 3.08. The number of carbonyl (C=O) groups is 3. The molecule has 5 rings (SSSR count). The van der Waals surface area contributed by atoms with Gasteiger partial charge in [0.05, 0.1) is 17.3 Å². The minimum absolute atomic E-state index is 0.0255. The maximum absolute atomic E-state index is 13.3. The number of thiophene rings is 1. The van der Waals surface area contributed by atoms with Crippen molar-refractivity contribution in [1.82, 2.24) is 15.5 Å². The summed E-state index contributed by atoms with van der Waals surface area (Å²) in [6, 6.07) is 6.72. The second kappa shape index (κ2) is 8.05. The number of nitrogens with zero attached hydrogens (tertiary/aromatic N) is 1. The molecule has 3 aliphatic heterocycles. The third-order valence-electron chi connectivity index (χ3n) is 5.91. The molecule has 2 fully saturated rings. The number of rotatable bonds is 3. The molecular formula is C21H22N4O3S2. The van der Waals surface area contributed by atoms with Crippen LogP contribution < -0.4 is 16.0 Å². The zero-order chi connectivity index (χ0) is 20.7. The van der Waals surface area contributed by atoms with Gasteiger partial charge in [0.2, 0.25) is 11.8 Å². The van der Waals surface area contributed by atoms with Crippen molar-refractivity contribution in [1.29, 1.82) is 0 Å². The lowest BCUT2D eigenvalue weighted by atomic mass is 9.95. The van der Waals surface area contributed by atoms with Crippen molar-refractivity contribution < 1.29 is 14.4 Å². The van der Waals surface area contributed by atoms with Crippen LogP contribution in [0.1, 0.15) is 23.2 Å². The van der Waals surface area contributed by atoms with E-state index in [0.29, 0.717) is 30.6 Å². The van der Waals surface area contributed by atoms with Crippen LogP contribution in [-0.2, 0) is 9.59 Å². The van der Waals surface area contributed by atoms with E-state index in [1.54, 1.807) is 34.1 Å². The molecule has 3 aliphatic rings. The Kier molecular flexibility index (Phi) is 5.26. The van der Waals surface area contributed by atoms with Crippen LogP contribution in [0, 0.1) is 0 Å². The van der Waals surface area contributed by atoms with Crippen LogP contribution in [0.5, 0.6) is 0 Å². The third kappa shape index (κ3) is 3.61. The molecule has 156 valence electrons. The van der Waals surface area contributed by atoms with Crippen LogP contribution in [-0.4, -0.2) is 58.9 Å². The number of nitrogens with one attached hydrogen (secondary N) is 3. The van der Waals surface area contributed by atoms with Gasteiger partial charge in [-0.15, -0.1) is 11.8 Å². The molecule has 3 N–H and O–H groups in total. The normalized spacial score (nSPS) is 25.9. The molecule has 7 nitrogen and oxygen atoms in total. The lowest BCUT2D eigenvalue weighted by molar-refractivity contribution is -0.125. The van der Waals surface area contributed by atoms with Gasteiger partial charge < -0.3 is 15.5 Å². The van der Waals surface area contributed by atoms with Crippen molar-refractivity contribution >= 4 is 46.5 Å². The third-order valence-corrected chi connectivity index (χ3v) is 7.53. The number of thioether (sulfide) groups is 1. The number of hydrogen-bond donors (Lipinski definition) is 3. The maximum Gasteiger partial charge on any atom is 0.256 e. The molecule has 4 heterocycles. The summed E-state index contributed by atoms with van der Waals surface area (Å²) in [6.07, 6.45) is 1.06. The fourth-order valence-electron chi connectivity index (χ4n) is 4.26. The summed E-state index contributed by atoms with van der Waals surface area (Å²) >= 11 is 3.30. The van der Waals surface area contributed by atoms with Gasteiger partial charge in [-0.1, -0.05) is 6.07 Å². The molecule has 1 aromatic carbocycles. The summed E-state index contributed by atoms with van der Waals surface area (Å²) in [5.74, 6) is 1.18. The molecule has 9 heteroatoms. The number of carbonyl (C=O) groups excluding carboxylic acids is 3. The Balaban J connectivity index is 1.35. The molecule has 30 heavy (non-hydrogen) atoms. The Labute approximate surface area is 182 Å². The number of fused-ring (bicyclic) bond motifs is 2. The van der Waals surface area contributed by atoms with Crippen molar-refractivity contribution in [2.24, 2.45) is 0 Å². The quantitative estimate of drug-likeness (QED) is 0.678. The standard InChI is InChI=1S/C21H22N4O3S2/c26-19(17-10-30-11-22-17)23-14-3-5-25-18(8-14)20(27)24-16-2-1-12(7-15(16)21(25)28)13-4-6-29-9-13/h1-2,4,6-7,9,14,17-18,22H,3,5,8,10-11H2,(H,23,26)(H,24,27)/t14-,17+,18-/m0/s1. The Hall–Kier alpha value is -2.36. The Morgan fingerprint density at radius 1 is 1.20 bits per heavy atom.